The van der Waals surface area contributed by atoms with Gasteiger partial charge in [-0.3, -0.25) is 30.3 Å². The number of nitrogens with zero attached hydrogens (tertiary/aromatic N) is 3. The van der Waals surface area contributed by atoms with Crippen LogP contribution in [-0.4, -0.2) is 19.9 Å². The van der Waals surface area contributed by atoms with Crippen LogP contribution in [0.1, 0.15) is 0 Å². The Morgan fingerprint density at radius 3 is 1.47 bits per heavy atom. The molecule has 0 atom stereocenters. The largest absolute Gasteiger partial charge is 2.00 e. The van der Waals surface area contributed by atoms with E-state index in [2.05, 4.69) is 0 Å². The van der Waals surface area contributed by atoms with Crippen LogP contribution >= 0.6 is 0 Å². The second-order valence-corrected chi connectivity index (χ2v) is 2.60. The van der Waals surface area contributed by atoms with Gasteiger partial charge in [0.05, 0.1) is 26.9 Å². The molecule has 0 unspecified atom stereocenters. The molecule has 1 aromatic rings. The van der Waals surface area contributed by atoms with Crippen molar-refractivity contribution in [3.05, 3.63) is 42.5 Å². The summed E-state index contributed by atoms with van der Waals surface area (Å²) in [5.41, 5.74) is -3.00. The maximum Gasteiger partial charge on any atom is 2.00 e. The van der Waals surface area contributed by atoms with E-state index in [0.717, 1.165) is 0 Å². The van der Waals surface area contributed by atoms with E-state index in [1.807, 2.05) is 0 Å². The molecule has 0 spiro atoms. The van der Waals surface area contributed by atoms with Crippen molar-refractivity contribution in [3.8, 4) is 5.75 Å². The first-order chi connectivity index (χ1) is 7.34. The predicted octanol–water partition coefficient (Wildman–Crippen LogP) is 1.11. The zero-order valence-corrected chi connectivity index (χ0v) is 13.6. The first-order valence-corrected chi connectivity index (χ1v) is 3.64. The molecule has 0 saturated heterocycles. The third kappa shape index (κ3) is 3.06. The van der Waals surface area contributed by atoms with Crippen molar-refractivity contribution in [2.45, 2.75) is 0 Å². The topological polar surface area (TPSA) is 150 Å². The van der Waals surface area contributed by atoms with Crippen molar-refractivity contribution < 1.29 is 47.5 Å². The molecule has 0 bridgehead atoms. The summed E-state index contributed by atoms with van der Waals surface area (Å²) in [4.78, 5) is 27.8. The Balaban J connectivity index is 0.00000256. The number of nitro groups is 3. The molecule has 0 amide bonds. The molecular formula is C6H3HgN3O7+2. The Kier molecular flexibility index (Phi) is 4.88. The van der Waals surface area contributed by atoms with Crippen molar-refractivity contribution in [2.75, 3.05) is 0 Å². The molecule has 0 aliphatic rings. The predicted molar refractivity (Wildman–Crippen MR) is 48.1 cm³/mol. The minimum absolute atomic E-state index is 0. The number of hydrogen-bond donors (Lipinski definition) is 1. The SMILES string of the molecule is O=[N+]([O-])c1cc([N+](=O)[O-])c(O)c([N+](=O)[O-])c1.[Hg+2]. The Labute approximate surface area is 113 Å². The molecule has 0 radical (unpaired) electrons. The fraction of sp³-hybridized carbons (Fsp3) is 0. The molecule has 0 aromatic heterocycles. The standard InChI is InChI=1S/C6H3N3O7.Hg/c10-6-4(8(13)14)1-3(7(11)12)2-5(6)9(15)16;/h1-2,10H;/q;+2. The summed E-state index contributed by atoms with van der Waals surface area (Å²) in [7, 11) is 0. The van der Waals surface area contributed by atoms with Gasteiger partial charge in [0.15, 0.2) is 0 Å². The Morgan fingerprint density at radius 2 is 1.24 bits per heavy atom. The minimum Gasteiger partial charge on any atom is -0.497 e. The number of nitro benzene ring substituents is 3. The van der Waals surface area contributed by atoms with Crippen LogP contribution < -0.4 is 0 Å². The van der Waals surface area contributed by atoms with Crippen LogP contribution in [0.5, 0.6) is 5.75 Å². The molecule has 10 nitrogen and oxygen atoms in total. The molecule has 1 rings (SSSR count). The van der Waals surface area contributed by atoms with Crippen molar-refractivity contribution in [3.63, 3.8) is 0 Å². The molecule has 11 heteroatoms. The van der Waals surface area contributed by atoms with Gasteiger partial charge in [-0.2, -0.15) is 0 Å². The van der Waals surface area contributed by atoms with Crippen molar-refractivity contribution >= 4 is 17.1 Å². The van der Waals surface area contributed by atoms with E-state index in [4.69, 9.17) is 5.11 Å². The molecule has 84 valence electrons. The maximum absolute atomic E-state index is 10.4. The van der Waals surface area contributed by atoms with Crippen LogP contribution in [0.15, 0.2) is 12.1 Å². The zero-order valence-electron chi connectivity index (χ0n) is 8.10. The number of hydrogen-bond acceptors (Lipinski definition) is 7. The van der Waals surface area contributed by atoms with E-state index >= 15 is 0 Å². The zero-order chi connectivity index (χ0) is 12.5. The molecule has 0 aliphatic heterocycles. The monoisotopic (exact) mass is 431 g/mol. The van der Waals surface area contributed by atoms with Crippen molar-refractivity contribution in [1.29, 1.82) is 0 Å². The molecular weight excluding hydrogens is 427 g/mol. The van der Waals surface area contributed by atoms with Gasteiger partial charge in [-0.1, -0.05) is 0 Å². The summed E-state index contributed by atoms with van der Waals surface area (Å²) in [6.45, 7) is 0. The molecule has 0 fully saturated rings. The number of phenols is 1. The van der Waals surface area contributed by atoms with Gasteiger partial charge in [0.1, 0.15) is 0 Å². The van der Waals surface area contributed by atoms with E-state index < -0.39 is 37.6 Å². The van der Waals surface area contributed by atoms with E-state index in [0.29, 0.717) is 12.1 Å². The van der Waals surface area contributed by atoms with Crippen LogP contribution in [0.25, 0.3) is 0 Å². The summed E-state index contributed by atoms with van der Waals surface area (Å²) in [5.74, 6) is -1.21. The number of aromatic hydroxyl groups is 1. The summed E-state index contributed by atoms with van der Waals surface area (Å²) in [6, 6.07) is 0.894. The van der Waals surface area contributed by atoms with E-state index in [-0.39, 0.29) is 27.7 Å². The molecule has 0 saturated carbocycles. The Hall–Kier alpha value is -1.84. The van der Waals surface area contributed by atoms with E-state index in [1.165, 1.54) is 0 Å². The number of benzene rings is 1. The first kappa shape index (κ1) is 15.2. The Bertz CT molecular complexity index is 467. The average molecular weight is 430 g/mol. The third-order valence-corrected chi connectivity index (χ3v) is 1.66. The minimum atomic E-state index is -1.21. The smallest absolute Gasteiger partial charge is 0.497 e. The van der Waals surface area contributed by atoms with Crippen LogP contribution in [0.3, 0.4) is 0 Å². The quantitative estimate of drug-likeness (QED) is 0.429. The van der Waals surface area contributed by atoms with Crippen LogP contribution in [0, 0.1) is 30.3 Å². The van der Waals surface area contributed by atoms with E-state index in [9.17, 15) is 30.3 Å². The molecule has 1 aromatic carbocycles. The summed E-state index contributed by atoms with van der Waals surface area (Å²) >= 11 is 0. The second kappa shape index (κ2) is 5.47. The van der Waals surface area contributed by atoms with Gasteiger partial charge >= 0.3 is 39.0 Å². The maximum atomic E-state index is 10.4. The van der Waals surface area contributed by atoms with Crippen molar-refractivity contribution in [1.82, 2.24) is 0 Å². The second-order valence-electron chi connectivity index (χ2n) is 2.60. The van der Waals surface area contributed by atoms with Gasteiger partial charge in [0.25, 0.3) is 11.4 Å². The third-order valence-electron chi connectivity index (χ3n) is 1.66. The van der Waals surface area contributed by atoms with Crippen LogP contribution in [0.4, 0.5) is 17.1 Å². The summed E-state index contributed by atoms with van der Waals surface area (Å²) in [5, 5.41) is 40.2. The number of non-ortho nitro benzene ring substituents is 1. The summed E-state index contributed by atoms with van der Waals surface area (Å²) < 4.78 is 0. The van der Waals surface area contributed by atoms with E-state index in [1.54, 1.807) is 0 Å². The van der Waals surface area contributed by atoms with Crippen LogP contribution in [-0.2, 0) is 27.7 Å². The Morgan fingerprint density at radius 1 is 0.882 bits per heavy atom. The van der Waals surface area contributed by atoms with Gasteiger partial charge in [-0.25, -0.2) is 0 Å². The molecule has 1 N–H and O–H groups in total. The van der Waals surface area contributed by atoms with Gasteiger partial charge in [0, 0.05) is 0 Å². The molecule has 0 heterocycles. The first-order valence-electron chi connectivity index (χ1n) is 3.64. The molecule has 0 aliphatic carbocycles. The van der Waals surface area contributed by atoms with Gasteiger partial charge in [-0.15, -0.1) is 0 Å². The number of phenolic OH excluding ortho intramolecular Hbond substituents is 1. The van der Waals surface area contributed by atoms with Crippen molar-refractivity contribution in [2.24, 2.45) is 0 Å². The molecule has 17 heavy (non-hydrogen) atoms. The normalized spacial score (nSPS) is 9.18. The van der Waals surface area contributed by atoms with Gasteiger partial charge < -0.3 is 5.11 Å². The van der Waals surface area contributed by atoms with Crippen LogP contribution in [0.2, 0.25) is 0 Å². The fourth-order valence-electron chi connectivity index (χ4n) is 0.974. The average Bonchev–Trinajstić information content (AvgIpc) is 2.16. The fourth-order valence-corrected chi connectivity index (χ4v) is 0.974. The van der Waals surface area contributed by atoms with Gasteiger partial charge in [-0.05, 0) is 0 Å². The summed E-state index contributed by atoms with van der Waals surface area (Å²) in [6.07, 6.45) is 0. The number of rotatable bonds is 3. The van der Waals surface area contributed by atoms with Gasteiger partial charge in [0.2, 0.25) is 0 Å².